The third-order valence-corrected chi connectivity index (χ3v) is 4.29. The Hall–Kier alpha value is -2.57. The van der Waals surface area contributed by atoms with E-state index in [9.17, 15) is 4.79 Å². The van der Waals surface area contributed by atoms with Crippen LogP contribution in [0.1, 0.15) is 42.5 Å². The number of carbonyl (C=O) groups is 1. The van der Waals surface area contributed by atoms with Gasteiger partial charge >= 0.3 is 6.09 Å². The Labute approximate surface area is 141 Å². The van der Waals surface area contributed by atoms with Crippen LogP contribution in [-0.2, 0) is 11.2 Å². The predicted molar refractivity (Wildman–Crippen MR) is 87.9 cm³/mol. The van der Waals surface area contributed by atoms with Crippen LogP contribution in [0.25, 0.3) is 0 Å². The van der Waals surface area contributed by atoms with Gasteiger partial charge in [-0.2, -0.15) is 5.10 Å². The molecule has 1 saturated heterocycles. The fourth-order valence-corrected chi connectivity index (χ4v) is 3.01. The number of piperidine rings is 1. The fraction of sp³-hybridized carbons (Fsp3) is 0.471. The third-order valence-electron chi connectivity index (χ3n) is 4.29. The molecule has 2 aromatic rings. The SMILES string of the molecule is COC(=O)N1CCCCC1c1n[nH]c(Cc2ccc(OC)cc2)n1. The van der Waals surface area contributed by atoms with Crippen LogP contribution >= 0.6 is 0 Å². The molecule has 1 unspecified atom stereocenters. The van der Waals surface area contributed by atoms with Gasteiger partial charge in [0.1, 0.15) is 11.6 Å². The van der Waals surface area contributed by atoms with Crippen molar-refractivity contribution in [2.45, 2.75) is 31.7 Å². The van der Waals surface area contributed by atoms with Gasteiger partial charge in [0.2, 0.25) is 0 Å². The van der Waals surface area contributed by atoms with Crippen LogP contribution < -0.4 is 4.74 Å². The lowest BCUT2D eigenvalue weighted by atomic mass is 10.0. The minimum absolute atomic E-state index is 0.118. The van der Waals surface area contributed by atoms with Crippen LogP contribution in [0.3, 0.4) is 0 Å². The van der Waals surface area contributed by atoms with E-state index in [1.165, 1.54) is 7.11 Å². The zero-order valence-electron chi connectivity index (χ0n) is 14.0. The number of methoxy groups -OCH3 is 2. The van der Waals surface area contributed by atoms with Crippen LogP contribution in [-0.4, -0.2) is 46.9 Å². The summed E-state index contributed by atoms with van der Waals surface area (Å²) in [5, 5.41) is 7.31. The molecule has 2 heterocycles. The molecule has 0 saturated carbocycles. The van der Waals surface area contributed by atoms with Crippen LogP contribution in [0, 0.1) is 0 Å². The molecule has 1 aromatic heterocycles. The van der Waals surface area contributed by atoms with Gasteiger partial charge in [-0.1, -0.05) is 12.1 Å². The van der Waals surface area contributed by atoms with Crippen molar-refractivity contribution in [2.24, 2.45) is 0 Å². The lowest BCUT2D eigenvalue weighted by Crippen LogP contribution is -2.38. The summed E-state index contributed by atoms with van der Waals surface area (Å²) >= 11 is 0. The highest BCUT2D eigenvalue weighted by Crippen LogP contribution is 2.29. The maximum atomic E-state index is 11.9. The first-order chi connectivity index (χ1) is 11.7. The molecular formula is C17H22N4O3. The number of nitrogens with one attached hydrogen (secondary N) is 1. The molecule has 1 fully saturated rings. The molecule has 128 valence electrons. The molecule has 1 atom stereocenters. The number of H-pyrrole nitrogens is 1. The van der Waals surface area contributed by atoms with E-state index in [1.54, 1.807) is 12.0 Å². The lowest BCUT2D eigenvalue weighted by molar-refractivity contribution is 0.0870. The van der Waals surface area contributed by atoms with E-state index in [-0.39, 0.29) is 12.1 Å². The van der Waals surface area contributed by atoms with Gasteiger partial charge in [0.25, 0.3) is 0 Å². The summed E-state index contributed by atoms with van der Waals surface area (Å²) in [6, 6.07) is 7.73. The third kappa shape index (κ3) is 3.50. The second-order valence-corrected chi connectivity index (χ2v) is 5.84. The number of ether oxygens (including phenoxy) is 2. The molecule has 0 bridgehead atoms. The standard InChI is InChI=1S/C17H22N4O3/c1-23-13-8-6-12(7-9-13)11-15-18-16(20-19-15)14-5-3-4-10-21(14)17(22)24-2/h6-9,14H,3-5,10-11H2,1-2H3,(H,18,19,20). The zero-order chi connectivity index (χ0) is 16.9. The minimum atomic E-state index is -0.318. The second-order valence-electron chi connectivity index (χ2n) is 5.84. The molecule has 0 radical (unpaired) electrons. The van der Waals surface area contributed by atoms with Gasteiger partial charge in [-0.25, -0.2) is 9.78 Å². The molecule has 24 heavy (non-hydrogen) atoms. The Balaban J connectivity index is 1.72. The van der Waals surface area contributed by atoms with Crippen molar-refractivity contribution in [2.75, 3.05) is 20.8 Å². The Bertz CT molecular complexity index is 683. The maximum absolute atomic E-state index is 11.9. The van der Waals surface area contributed by atoms with Crippen molar-refractivity contribution in [3.63, 3.8) is 0 Å². The molecule has 7 nitrogen and oxygen atoms in total. The summed E-state index contributed by atoms with van der Waals surface area (Å²) in [4.78, 5) is 18.2. The first-order valence-electron chi connectivity index (χ1n) is 8.10. The van der Waals surface area contributed by atoms with E-state index < -0.39 is 0 Å². The number of hydrogen-bond donors (Lipinski definition) is 1. The molecule has 1 N–H and O–H groups in total. The first-order valence-corrected chi connectivity index (χ1v) is 8.10. The van der Waals surface area contributed by atoms with Crippen LogP contribution in [0.4, 0.5) is 4.79 Å². The Morgan fingerprint density at radius 1 is 1.29 bits per heavy atom. The highest BCUT2D eigenvalue weighted by atomic mass is 16.5. The van der Waals surface area contributed by atoms with Crippen LogP contribution in [0.15, 0.2) is 24.3 Å². The summed E-state index contributed by atoms with van der Waals surface area (Å²) in [6.07, 6.45) is 3.23. The van der Waals surface area contributed by atoms with Crippen molar-refractivity contribution >= 4 is 6.09 Å². The number of carbonyl (C=O) groups excluding carboxylic acids is 1. The predicted octanol–water partition coefficient (Wildman–Crippen LogP) is 2.70. The Morgan fingerprint density at radius 2 is 2.08 bits per heavy atom. The van der Waals surface area contributed by atoms with E-state index in [0.717, 1.165) is 36.4 Å². The Morgan fingerprint density at radius 3 is 2.79 bits per heavy atom. The van der Waals surface area contributed by atoms with E-state index in [4.69, 9.17) is 9.47 Å². The van der Waals surface area contributed by atoms with Crippen molar-refractivity contribution in [3.05, 3.63) is 41.5 Å². The Kier molecular flexibility index (Phi) is 4.98. The second kappa shape index (κ2) is 7.33. The van der Waals surface area contributed by atoms with Gasteiger partial charge < -0.3 is 9.47 Å². The number of hydrogen-bond acceptors (Lipinski definition) is 5. The highest BCUT2D eigenvalue weighted by molar-refractivity contribution is 5.68. The van der Waals surface area contributed by atoms with Crippen molar-refractivity contribution < 1.29 is 14.3 Å². The van der Waals surface area contributed by atoms with Crippen LogP contribution in [0.2, 0.25) is 0 Å². The van der Waals surface area contributed by atoms with Crippen molar-refractivity contribution in [3.8, 4) is 5.75 Å². The topological polar surface area (TPSA) is 80.3 Å². The summed E-state index contributed by atoms with van der Waals surface area (Å²) in [6.45, 7) is 0.680. The van der Waals surface area contributed by atoms with Gasteiger partial charge in [-0.15, -0.1) is 0 Å². The van der Waals surface area contributed by atoms with E-state index in [1.807, 2.05) is 24.3 Å². The maximum Gasteiger partial charge on any atom is 0.410 e. The zero-order valence-corrected chi connectivity index (χ0v) is 14.0. The van der Waals surface area contributed by atoms with Gasteiger partial charge in [0, 0.05) is 13.0 Å². The van der Waals surface area contributed by atoms with Gasteiger partial charge in [-0.05, 0) is 37.0 Å². The average molecular weight is 330 g/mol. The molecule has 1 aliphatic rings. The quantitative estimate of drug-likeness (QED) is 0.932. The van der Waals surface area contributed by atoms with Crippen molar-refractivity contribution in [1.29, 1.82) is 0 Å². The number of rotatable bonds is 4. The lowest BCUT2D eigenvalue weighted by Gasteiger charge is -2.32. The van der Waals surface area contributed by atoms with E-state index >= 15 is 0 Å². The number of benzene rings is 1. The minimum Gasteiger partial charge on any atom is -0.497 e. The molecular weight excluding hydrogens is 308 g/mol. The van der Waals surface area contributed by atoms with Gasteiger partial charge in [0.15, 0.2) is 5.82 Å². The number of likely N-dealkylation sites (tertiary alicyclic amines) is 1. The highest BCUT2D eigenvalue weighted by Gasteiger charge is 2.31. The molecule has 0 spiro atoms. The number of aromatic amines is 1. The molecule has 3 rings (SSSR count). The summed E-state index contributed by atoms with van der Waals surface area (Å²) in [5.74, 6) is 2.27. The van der Waals surface area contributed by atoms with E-state index in [2.05, 4.69) is 15.2 Å². The molecule has 1 aromatic carbocycles. The molecule has 1 aliphatic heterocycles. The number of nitrogens with zero attached hydrogens (tertiary/aromatic N) is 3. The number of amides is 1. The average Bonchev–Trinajstić information content (AvgIpc) is 3.10. The van der Waals surface area contributed by atoms with Crippen molar-refractivity contribution in [1.82, 2.24) is 20.1 Å². The van der Waals surface area contributed by atoms with Gasteiger partial charge in [0.05, 0.1) is 20.3 Å². The summed E-state index contributed by atoms with van der Waals surface area (Å²) < 4.78 is 10.0. The molecule has 7 heteroatoms. The fourth-order valence-electron chi connectivity index (χ4n) is 3.01. The number of aromatic nitrogens is 3. The first kappa shape index (κ1) is 16.3. The summed E-state index contributed by atoms with van der Waals surface area (Å²) in [7, 11) is 3.05. The molecule has 1 amide bonds. The normalized spacial score (nSPS) is 17.6. The van der Waals surface area contributed by atoms with E-state index in [0.29, 0.717) is 18.8 Å². The monoisotopic (exact) mass is 330 g/mol. The smallest absolute Gasteiger partial charge is 0.410 e. The van der Waals surface area contributed by atoms with Gasteiger partial charge in [-0.3, -0.25) is 10.00 Å². The molecule has 0 aliphatic carbocycles. The van der Waals surface area contributed by atoms with Crippen LogP contribution in [0.5, 0.6) is 5.75 Å². The summed E-state index contributed by atoms with van der Waals surface area (Å²) in [5.41, 5.74) is 1.12. The largest absolute Gasteiger partial charge is 0.497 e.